The minimum atomic E-state index is -1.13. The van der Waals surface area contributed by atoms with Crippen LogP contribution in [0.3, 0.4) is 0 Å². The zero-order chi connectivity index (χ0) is 13.1. The summed E-state index contributed by atoms with van der Waals surface area (Å²) in [5.74, 6) is -1.45. The number of carbonyl (C=O) groups is 2. The fraction of sp³-hybridized carbons (Fsp3) is 0.455. The van der Waals surface area contributed by atoms with Crippen molar-refractivity contribution in [3.05, 3.63) is 24.0 Å². The van der Waals surface area contributed by atoms with Crippen LogP contribution in [0.5, 0.6) is 0 Å². The van der Waals surface area contributed by atoms with Crippen LogP contribution in [0.25, 0.3) is 0 Å². The van der Waals surface area contributed by atoms with E-state index in [2.05, 4.69) is 5.32 Å². The van der Waals surface area contributed by atoms with Crippen LogP contribution in [0.2, 0.25) is 0 Å². The Morgan fingerprint density at radius 1 is 1.65 bits per heavy atom. The lowest BCUT2D eigenvalue weighted by Crippen LogP contribution is -2.44. The zero-order valence-electron chi connectivity index (χ0n) is 9.31. The van der Waals surface area contributed by atoms with Gasteiger partial charge in [-0.25, -0.2) is 4.79 Å². The Bertz CT molecular complexity index is 391. The maximum absolute atomic E-state index is 11.0. The quantitative estimate of drug-likeness (QED) is 0.665. The predicted molar refractivity (Wildman–Crippen MR) is 62.9 cm³/mol. The molecule has 0 bridgehead atoms. The Hall–Kier alpha value is -1.49. The van der Waals surface area contributed by atoms with E-state index in [4.69, 9.17) is 21.8 Å². The third-order valence-corrected chi connectivity index (χ3v) is 2.86. The second kappa shape index (κ2) is 5.23. The van der Waals surface area contributed by atoms with Gasteiger partial charge in [-0.05, 0) is 18.6 Å². The Morgan fingerprint density at radius 2 is 2.29 bits per heavy atom. The number of carbonyl (C=O) groups excluding carboxylic acids is 1. The van der Waals surface area contributed by atoms with E-state index in [1.54, 1.807) is 6.08 Å². The highest BCUT2D eigenvalue weighted by Crippen LogP contribution is 2.32. The zero-order valence-corrected chi connectivity index (χ0v) is 10.1. The van der Waals surface area contributed by atoms with Gasteiger partial charge >= 0.3 is 5.97 Å². The second-order valence-electron chi connectivity index (χ2n) is 4.00. The molecule has 3 N–H and O–H groups in total. The first-order valence-electron chi connectivity index (χ1n) is 5.09. The molecule has 0 saturated heterocycles. The molecule has 1 aliphatic carbocycles. The van der Waals surface area contributed by atoms with Crippen LogP contribution in [0.1, 0.15) is 19.8 Å². The molecule has 0 spiro atoms. The number of aliphatic hydroxyl groups excluding tert-OH is 1. The molecule has 17 heavy (non-hydrogen) atoms. The number of alkyl halides is 1. The van der Waals surface area contributed by atoms with Gasteiger partial charge in [0.2, 0.25) is 5.91 Å². The standard InChI is InChI=1S/C11H14ClNO4/c1-7(14)13-9(10(16)17)6-11(12)4-2-8(15)3-5-11/h2-4,9,15H,5-6H2,1H3,(H,13,14)(H,16,17)/t9-,11?/m0/s1. The third-order valence-electron chi connectivity index (χ3n) is 2.42. The minimum absolute atomic E-state index is 0.0593. The van der Waals surface area contributed by atoms with Crippen LogP contribution in [-0.4, -0.2) is 33.0 Å². The van der Waals surface area contributed by atoms with E-state index >= 15 is 0 Å². The first-order chi connectivity index (χ1) is 7.82. The Kier molecular flexibility index (Phi) is 4.17. The summed E-state index contributed by atoms with van der Waals surface area (Å²) in [5.41, 5.74) is 0. The molecule has 94 valence electrons. The number of aliphatic carboxylic acids is 1. The molecule has 1 unspecified atom stereocenters. The lowest BCUT2D eigenvalue weighted by Gasteiger charge is -2.27. The first-order valence-corrected chi connectivity index (χ1v) is 5.47. The number of allylic oxidation sites excluding steroid dienone is 3. The van der Waals surface area contributed by atoms with Crippen LogP contribution < -0.4 is 5.32 Å². The molecule has 0 aliphatic heterocycles. The number of hydrogen-bond acceptors (Lipinski definition) is 3. The molecule has 0 saturated carbocycles. The molecule has 0 aromatic rings. The molecular weight excluding hydrogens is 246 g/mol. The number of amides is 1. The van der Waals surface area contributed by atoms with Gasteiger partial charge < -0.3 is 15.5 Å². The SMILES string of the molecule is CC(=O)N[C@@H](CC1(Cl)C=CC(O)=CC1)C(=O)O. The number of nitrogens with one attached hydrogen (secondary N) is 1. The van der Waals surface area contributed by atoms with Crippen molar-refractivity contribution in [2.24, 2.45) is 0 Å². The van der Waals surface area contributed by atoms with Crippen molar-refractivity contribution in [3.63, 3.8) is 0 Å². The van der Waals surface area contributed by atoms with Crippen LogP contribution in [-0.2, 0) is 9.59 Å². The summed E-state index contributed by atoms with van der Waals surface area (Å²) < 4.78 is 0. The summed E-state index contributed by atoms with van der Waals surface area (Å²) in [7, 11) is 0. The molecule has 1 aliphatic rings. The number of hydrogen-bond donors (Lipinski definition) is 3. The van der Waals surface area contributed by atoms with Gasteiger partial charge in [-0.1, -0.05) is 6.08 Å². The second-order valence-corrected chi connectivity index (χ2v) is 4.75. The van der Waals surface area contributed by atoms with E-state index in [0.29, 0.717) is 6.42 Å². The summed E-state index contributed by atoms with van der Waals surface area (Å²) in [6, 6.07) is -1.04. The first kappa shape index (κ1) is 13.6. The van der Waals surface area contributed by atoms with Crippen LogP contribution in [0, 0.1) is 0 Å². The van der Waals surface area contributed by atoms with Crippen molar-refractivity contribution >= 4 is 23.5 Å². The average molecular weight is 260 g/mol. The van der Waals surface area contributed by atoms with Crippen molar-refractivity contribution in [1.82, 2.24) is 5.32 Å². The van der Waals surface area contributed by atoms with Crippen LogP contribution in [0.4, 0.5) is 0 Å². The van der Waals surface area contributed by atoms with Gasteiger partial charge in [-0.3, -0.25) is 4.79 Å². The smallest absolute Gasteiger partial charge is 0.326 e. The molecule has 1 rings (SSSR count). The van der Waals surface area contributed by atoms with Gasteiger partial charge in [0.15, 0.2) is 0 Å². The van der Waals surface area contributed by atoms with E-state index in [0.717, 1.165) is 0 Å². The highest BCUT2D eigenvalue weighted by Gasteiger charge is 2.32. The van der Waals surface area contributed by atoms with Gasteiger partial charge in [-0.15, -0.1) is 11.6 Å². The van der Waals surface area contributed by atoms with E-state index in [1.165, 1.54) is 19.1 Å². The van der Waals surface area contributed by atoms with Crippen molar-refractivity contribution in [3.8, 4) is 0 Å². The van der Waals surface area contributed by atoms with Crippen molar-refractivity contribution in [1.29, 1.82) is 0 Å². The number of carboxylic acids is 1. The number of carboxylic acid groups (broad SMARTS) is 1. The summed E-state index contributed by atoms with van der Waals surface area (Å²) in [4.78, 5) is 20.9. The van der Waals surface area contributed by atoms with Crippen molar-refractivity contribution < 1.29 is 19.8 Å². The van der Waals surface area contributed by atoms with Crippen molar-refractivity contribution in [2.75, 3.05) is 0 Å². The maximum atomic E-state index is 11.0. The summed E-state index contributed by atoms with van der Waals surface area (Å²) in [6.45, 7) is 1.25. The highest BCUT2D eigenvalue weighted by atomic mass is 35.5. The molecule has 0 aromatic carbocycles. The lowest BCUT2D eigenvalue weighted by molar-refractivity contribution is -0.141. The van der Waals surface area contributed by atoms with E-state index in [-0.39, 0.29) is 12.2 Å². The molecule has 5 nitrogen and oxygen atoms in total. The molecule has 0 heterocycles. The molecule has 1 amide bonds. The fourth-order valence-electron chi connectivity index (χ4n) is 1.58. The summed E-state index contributed by atoms with van der Waals surface area (Å²) in [6.07, 6.45) is 4.86. The molecule has 0 fully saturated rings. The van der Waals surface area contributed by atoms with Crippen molar-refractivity contribution in [2.45, 2.75) is 30.7 Å². The van der Waals surface area contributed by atoms with Crippen LogP contribution in [0.15, 0.2) is 24.0 Å². The Labute approximate surface area is 104 Å². The molecule has 6 heteroatoms. The van der Waals surface area contributed by atoms with Gasteiger partial charge in [0.1, 0.15) is 11.8 Å². The topological polar surface area (TPSA) is 86.6 Å². The normalized spacial score (nSPS) is 24.9. The Balaban J connectivity index is 2.71. The molecule has 2 atom stereocenters. The maximum Gasteiger partial charge on any atom is 0.326 e. The number of halogens is 1. The summed E-state index contributed by atoms with van der Waals surface area (Å²) in [5, 5.41) is 20.4. The molecule has 0 aromatic heterocycles. The lowest BCUT2D eigenvalue weighted by atomic mass is 9.91. The van der Waals surface area contributed by atoms with Gasteiger partial charge in [0.25, 0.3) is 0 Å². The fourth-order valence-corrected chi connectivity index (χ4v) is 1.88. The molecule has 0 radical (unpaired) electrons. The average Bonchev–Trinajstić information content (AvgIpc) is 2.21. The number of aliphatic hydroxyl groups is 1. The Morgan fingerprint density at radius 3 is 2.71 bits per heavy atom. The third kappa shape index (κ3) is 4.11. The van der Waals surface area contributed by atoms with Gasteiger partial charge in [0.05, 0.1) is 4.87 Å². The van der Waals surface area contributed by atoms with Crippen LogP contribution >= 0.6 is 11.6 Å². The largest absolute Gasteiger partial charge is 0.508 e. The monoisotopic (exact) mass is 259 g/mol. The minimum Gasteiger partial charge on any atom is -0.508 e. The van der Waals surface area contributed by atoms with Gasteiger partial charge in [0, 0.05) is 13.3 Å². The van der Waals surface area contributed by atoms with E-state index < -0.39 is 22.8 Å². The highest BCUT2D eigenvalue weighted by molar-refractivity contribution is 6.25. The van der Waals surface area contributed by atoms with E-state index in [1.807, 2.05) is 0 Å². The number of rotatable bonds is 4. The predicted octanol–water partition coefficient (Wildman–Crippen LogP) is 1.35. The molecular formula is C11H14ClNO4. The summed E-state index contributed by atoms with van der Waals surface area (Å²) >= 11 is 6.21. The van der Waals surface area contributed by atoms with E-state index in [9.17, 15) is 9.59 Å². The van der Waals surface area contributed by atoms with Gasteiger partial charge in [-0.2, -0.15) is 0 Å².